The van der Waals surface area contributed by atoms with Gasteiger partial charge in [-0.1, -0.05) is 65.8 Å². The fourth-order valence-corrected chi connectivity index (χ4v) is 8.83. The number of rotatable bonds is 13. The average molecular weight is 776 g/mol. The number of nitrogens with zero attached hydrogens (tertiary/aromatic N) is 1. The van der Waals surface area contributed by atoms with Crippen LogP contribution in [0.15, 0.2) is 82.6 Å². The Balaban J connectivity index is 1.57. The van der Waals surface area contributed by atoms with Gasteiger partial charge in [-0.15, -0.1) is 0 Å². The summed E-state index contributed by atoms with van der Waals surface area (Å²) in [6.07, 6.45) is 0.238. The van der Waals surface area contributed by atoms with Crippen LogP contribution in [0.1, 0.15) is 93.7 Å². The van der Waals surface area contributed by atoms with Crippen molar-refractivity contribution < 1.29 is 37.1 Å². The average Bonchev–Trinajstić information content (AvgIpc) is 3.27. The van der Waals surface area contributed by atoms with E-state index in [1.54, 1.807) is 72.1 Å². The molecule has 4 rings (SSSR count). The molecule has 1 aliphatic heterocycles. The topological polar surface area (TPSA) is 92.8 Å². The Hall–Kier alpha value is -2.56. The molecule has 12 heteroatoms. The first-order valence-electron chi connectivity index (χ1n) is 17.5. The van der Waals surface area contributed by atoms with Crippen molar-refractivity contribution in [1.82, 2.24) is 4.90 Å². The third-order valence-electron chi connectivity index (χ3n) is 7.72. The van der Waals surface area contributed by atoms with Gasteiger partial charge >= 0.3 is 13.9 Å². The summed E-state index contributed by atoms with van der Waals surface area (Å²) in [5.74, 6) is 0.783. The van der Waals surface area contributed by atoms with Gasteiger partial charge in [0.15, 0.2) is 0 Å². The quantitative estimate of drug-likeness (QED) is 0.157. The number of carbonyl (C=O) groups is 1. The highest BCUT2D eigenvalue weighted by Gasteiger charge is 2.56. The van der Waals surface area contributed by atoms with Crippen LogP contribution in [-0.2, 0) is 40.6 Å². The molecule has 9 nitrogen and oxygen atoms in total. The van der Waals surface area contributed by atoms with Crippen molar-refractivity contribution in [2.24, 2.45) is 0 Å². The van der Waals surface area contributed by atoms with Crippen LogP contribution in [0, 0.1) is 0 Å². The van der Waals surface area contributed by atoms with E-state index in [2.05, 4.69) is 0 Å². The number of phosphoric acid groups is 1. The van der Waals surface area contributed by atoms with E-state index < -0.39 is 42.0 Å². The Morgan fingerprint density at radius 2 is 1.50 bits per heavy atom. The molecular formula is C40H55ClNO8PS. The Labute approximate surface area is 319 Å². The maximum Gasteiger partial charge on any atom is 0.475 e. The molecule has 1 saturated heterocycles. The third-order valence-corrected chi connectivity index (χ3v) is 11.0. The van der Waals surface area contributed by atoms with Gasteiger partial charge in [0.2, 0.25) is 0 Å². The summed E-state index contributed by atoms with van der Waals surface area (Å²) in [5, 5.41) is 0.581. The minimum atomic E-state index is -4.14. The molecule has 0 radical (unpaired) electrons. The molecule has 0 N–H and O–H groups in total. The van der Waals surface area contributed by atoms with Gasteiger partial charge in [-0.05, 0) is 130 Å². The molecule has 3 aromatic carbocycles. The zero-order chi connectivity index (χ0) is 38.6. The first-order chi connectivity index (χ1) is 24.0. The van der Waals surface area contributed by atoms with E-state index in [0.717, 1.165) is 26.7 Å². The van der Waals surface area contributed by atoms with Crippen LogP contribution in [-0.4, -0.2) is 52.3 Å². The van der Waals surface area contributed by atoms with Crippen molar-refractivity contribution in [2.45, 2.75) is 133 Å². The van der Waals surface area contributed by atoms with Gasteiger partial charge in [-0.3, -0.25) is 18.5 Å². The molecule has 1 heterocycles. The second-order valence-electron chi connectivity index (χ2n) is 16.5. The van der Waals surface area contributed by atoms with Crippen molar-refractivity contribution in [3.8, 4) is 5.75 Å². The molecule has 1 amide bonds. The van der Waals surface area contributed by atoms with Crippen LogP contribution in [0.2, 0.25) is 5.02 Å². The van der Waals surface area contributed by atoms with Crippen LogP contribution in [0.4, 0.5) is 4.79 Å². The molecule has 0 unspecified atom stereocenters. The summed E-state index contributed by atoms with van der Waals surface area (Å²) >= 11 is 8.51. The lowest BCUT2D eigenvalue weighted by Crippen LogP contribution is -2.59. The fourth-order valence-electron chi connectivity index (χ4n) is 5.70. The summed E-state index contributed by atoms with van der Waals surface area (Å²) in [6, 6.07) is 24.0. The summed E-state index contributed by atoms with van der Waals surface area (Å²) in [5.41, 5.74) is -2.65. The number of aryl methyl sites for hydroxylation is 1. The maximum absolute atomic E-state index is 14.2. The summed E-state index contributed by atoms with van der Waals surface area (Å²) in [7, 11) is -4.14. The fraction of sp³-hybridized carbons (Fsp3) is 0.525. The van der Waals surface area contributed by atoms with E-state index in [-0.39, 0.29) is 13.2 Å². The predicted octanol–water partition coefficient (Wildman–Crippen LogP) is 11.5. The Kier molecular flexibility index (Phi) is 13.3. The number of hydrogen-bond donors (Lipinski definition) is 0. The highest BCUT2D eigenvalue weighted by molar-refractivity contribution is 7.99. The lowest BCUT2D eigenvalue weighted by atomic mass is 9.91. The molecule has 0 spiro atoms. The predicted molar refractivity (Wildman–Crippen MR) is 207 cm³/mol. The second-order valence-corrected chi connectivity index (χ2v) is 19.6. The number of carbonyl (C=O) groups excluding carboxylic acids is 1. The largest absolute Gasteiger partial charge is 0.489 e. The molecule has 1 fully saturated rings. The van der Waals surface area contributed by atoms with E-state index in [0.29, 0.717) is 24.5 Å². The Morgan fingerprint density at radius 3 is 2.10 bits per heavy atom. The van der Waals surface area contributed by atoms with Gasteiger partial charge in [0.05, 0.1) is 30.0 Å². The van der Waals surface area contributed by atoms with Crippen molar-refractivity contribution in [3.05, 3.63) is 88.9 Å². The SMILES string of the molecule is CC(C)(C)OC(=O)N1C(C)(C)OC[C@@]1(CCc1ccc(Sc2cccc(OCc3ccccc3)c2)cc1Cl)COP(=O)(OC(C)(C)C)OC(C)(C)C. The monoisotopic (exact) mass is 775 g/mol. The molecule has 0 bridgehead atoms. The Morgan fingerprint density at radius 1 is 0.865 bits per heavy atom. The van der Waals surface area contributed by atoms with E-state index in [1.165, 1.54) is 0 Å². The van der Waals surface area contributed by atoms with Crippen LogP contribution < -0.4 is 4.74 Å². The molecule has 1 aliphatic rings. The number of phosphoric ester groups is 1. The van der Waals surface area contributed by atoms with Gasteiger partial charge in [0.1, 0.15) is 23.7 Å². The van der Waals surface area contributed by atoms with Crippen molar-refractivity contribution >= 4 is 37.3 Å². The van der Waals surface area contributed by atoms with Gasteiger partial charge in [-0.2, -0.15) is 0 Å². The summed E-state index contributed by atoms with van der Waals surface area (Å²) in [4.78, 5) is 17.5. The maximum atomic E-state index is 14.2. The van der Waals surface area contributed by atoms with E-state index in [4.69, 9.17) is 39.4 Å². The molecule has 3 aromatic rings. The second kappa shape index (κ2) is 16.4. The van der Waals surface area contributed by atoms with Crippen LogP contribution in [0.3, 0.4) is 0 Å². The lowest BCUT2D eigenvalue weighted by Gasteiger charge is -2.43. The molecule has 286 valence electrons. The first-order valence-corrected chi connectivity index (χ1v) is 20.2. The minimum absolute atomic E-state index is 0.0958. The van der Waals surface area contributed by atoms with Crippen molar-refractivity contribution in [2.75, 3.05) is 13.2 Å². The number of benzene rings is 3. The van der Waals surface area contributed by atoms with E-state index >= 15 is 0 Å². The minimum Gasteiger partial charge on any atom is -0.489 e. The molecular weight excluding hydrogens is 721 g/mol. The van der Waals surface area contributed by atoms with Gasteiger partial charge < -0.3 is 14.2 Å². The Bertz CT molecular complexity index is 1700. The van der Waals surface area contributed by atoms with Gasteiger partial charge in [0, 0.05) is 14.8 Å². The van der Waals surface area contributed by atoms with Crippen molar-refractivity contribution in [3.63, 3.8) is 0 Å². The van der Waals surface area contributed by atoms with Gasteiger partial charge in [0.25, 0.3) is 0 Å². The van der Waals surface area contributed by atoms with E-state index in [9.17, 15) is 9.36 Å². The normalized spacial score (nSPS) is 18.0. The number of amides is 1. The van der Waals surface area contributed by atoms with E-state index in [1.807, 2.05) is 93.6 Å². The summed E-state index contributed by atoms with van der Waals surface area (Å²) in [6.45, 7) is 20.1. The zero-order valence-electron chi connectivity index (χ0n) is 32.4. The van der Waals surface area contributed by atoms with Crippen molar-refractivity contribution in [1.29, 1.82) is 0 Å². The van der Waals surface area contributed by atoms with Crippen LogP contribution >= 0.6 is 31.2 Å². The zero-order valence-corrected chi connectivity index (χ0v) is 34.9. The van der Waals surface area contributed by atoms with Crippen LogP contribution in [0.25, 0.3) is 0 Å². The molecule has 1 atom stereocenters. The van der Waals surface area contributed by atoms with Gasteiger partial charge in [-0.25, -0.2) is 9.36 Å². The lowest BCUT2D eigenvalue weighted by molar-refractivity contribution is -0.0765. The molecule has 0 aromatic heterocycles. The molecule has 0 saturated carbocycles. The smallest absolute Gasteiger partial charge is 0.475 e. The number of hydrogen-bond acceptors (Lipinski definition) is 9. The third kappa shape index (κ3) is 12.5. The highest BCUT2D eigenvalue weighted by atomic mass is 35.5. The highest BCUT2D eigenvalue weighted by Crippen LogP contribution is 2.57. The molecule has 52 heavy (non-hydrogen) atoms. The number of halogens is 1. The van der Waals surface area contributed by atoms with Crippen LogP contribution in [0.5, 0.6) is 5.75 Å². The number of ether oxygens (including phenoxy) is 3. The first kappa shape index (κ1) is 42.2. The molecule has 0 aliphatic carbocycles. The standard InChI is InChI=1S/C40H55ClNO8PS/c1-36(2,3)48-35(43)42-39(10,11)46-27-40(42,28-47-51(44,49-37(4,5)6)50-38(7,8)9)23-22-30-20-21-33(25-34(30)41)52-32-19-15-18-31(24-32)45-26-29-16-13-12-14-17-29/h12-21,24-25H,22-23,26-28H2,1-11H3/t40-/m0/s1. The summed E-state index contributed by atoms with van der Waals surface area (Å²) < 4.78 is 50.4.